The van der Waals surface area contributed by atoms with Gasteiger partial charge in [0.25, 0.3) is 0 Å². The monoisotopic (exact) mass is 513 g/mol. The number of ether oxygens (including phenoxy) is 1. The van der Waals surface area contributed by atoms with Crippen molar-refractivity contribution < 1.29 is 24.2 Å². The minimum atomic E-state index is -1.05. The summed E-state index contributed by atoms with van der Waals surface area (Å²) in [5.41, 5.74) is 5.12. The van der Waals surface area contributed by atoms with E-state index in [1.54, 1.807) is 12.1 Å². The Balaban J connectivity index is 1.68. The molecule has 0 aromatic heterocycles. The predicted molar refractivity (Wildman–Crippen MR) is 144 cm³/mol. The number of nitrogens with zero attached hydrogens (tertiary/aromatic N) is 1. The summed E-state index contributed by atoms with van der Waals surface area (Å²) in [5.74, 6) is -0.860. The third kappa shape index (κ3) is 5.04. The summed E-state index contributed by atoms with van der Waals surface area (Å²) in [4.78, 5) is 40.9. The summed E-state index contributed by atoms with van der Waals surface area (Å²) in [7, 11) is 0. The minimum Gasteiger partial charge on any atom is -0.482 e. The Kier molecular flexibility index (Phi) is 6.54. The van der Waals surface area contributed by atoms with Crippen LogP contribution in [-0.2, 0) is 20.9 Å². The maximum absolute atomic E-state index is 13.9. The minimum absolute atomic E-state index is 0.0923. The fourth-order valence-corrected chi connectivity index (χ4v) is 6.24. The number of carboxylic acids is 1. The Hall–Kier alpha value is -3.67. The zero-order chi connectivity index (χ0) is 27.2. The van der Waals surface area contributed by atoms with Crippen LogP contribution in [0.5, 0.6) is 5.75 Å². The first-order valence-electron chi connectivity index (χ1n) is 13.2. The summed E-state index contributed by atoms with van der Waals surface area (Å²) in [6.45, 7) is 8.73. The highest BCUT2D eigenvalue weighted by Crippen LogP contribution is 2.54. The van der Waals surface area contributed by atoms with Gasteiger partial charge in [-0.2, -0.15) is 0 Å². The molecule has 198 valence electrons. The van der Waals surface area contributed by atoms with E-state index >= 15 is 0 Å². The molecule has 0 fully saturated rings. The molecule has 38 heavy (non-hydrogen) atoms. The molecular formula is C32H35NO5. The molecule has 1 N–H and O–H groups in total. The number of benzene rings is 2. The smallest absolute Gasteiger partial charge is 0.341 e. The topological polar surface area (TPSA) is 83.9 Å². The fourth-order valence-electron chi connectivity index (χ4n) is 6.24. The summed E-state index contributed by atoms with van der Waals surface area (Å²) in [5, 5.41) is 8.95. The van der Waals surface area contributed by atoms with Crippen molar-refractivity contribution in [2.75, 3.05) is 6.61 Å². The maximum Gasteiger partial charge on any atom is 0.341 e. The van der Waals surface area contributed by atoms with Gasteiger partial charge >= 0.3 is 5.97 Å². The van der Waals surface area contributed by atoms with Crippen LogP contribution >= 0.6 is 0 Å². The van der Waals surface area contributed by atoms with Crippen molar-refractivity contribution in [3.63, 3.8) is 0 Å². The summed E-state index contributed by atoms with van der Waals surface area (Å²) in [6, 6.07) is 17.4. The number of aliphatic carboxylic acids is 1. The van der Waals surface area contributed by atoms with Crippen molar-refractivity contribution in [1.82, 2.24) is 4.90 Å². The van der Waals surface area contributed by atoms with E-state index in [4.69, 9.17) is 9.84 Å². The van der Waals surface area contributed by atoms with E-state index in [1.807, 2.05) is 30.3 Å². The van der Waals surface area contributed by atoms with Gasteiger partial charge in [0.15, 0.2) is 18.2 Å². The SMILES string of the molecule is CC1(C)CC(=O)C2=C(C1)N(Cc1ccccc1)C1=C(C(=O)CC(C)(C)C1)C2c1ccc(OCC(=O)O)cc1. The van der Waals surface area contributed by atoms with Gasteiger partial charge in [-0.05, 0) is 46.9 Å². The number of ketones is 2. The highest BCUT2D eigenvalue weighted by Gasteiger charge is 2.48. The van der Waals surface area contributed by atoms with Gasteiger partial charge in [-0.1, -0.05) is 70.2 Å². The van der Waals surface area contributed by atoms with Crippen LogP contribution in [0.4, 0.5) is 0 Å². The average molecular weight is 514 g/mol. The molecule has 0 bridgehead atoms. The van der Waals surface area contributed by atoms with Crippen LogP contribution < -0.4 is 4.74 Å². The number of allylic oxidation sites excluding steroid dienone is 4. The van der Waals surface area contributed by atoms with Crippen molar-refractivity contribution in [3.05, 3.63) is 88.3 Å². The van der Waals surface area contributed by atoms with Crippen molar-refractivity contribution in [3.8, 4) is 5.75 Å². The van der Waals surface area contributed by atoms with Crippen LogP contribution in [0.2, 0.25) is 0 Å². The van der Waals surface area contributed by atoms with Gasteiger partial charge in [0.2, 0.25) is 0 Å². The number of rotatable bonds is 6. The lowest BCUT2D eigenvalue weighted by Gasteiger charge is -2.49. The van der Waals surface area contributed by atoms with Gasteiger partial charge in [0, 0.05) is 47.8 Å². The number of carboxylic acid groups (broad SMARTS) is 1. The third-order valence-electron chi connectivity index (χ3n) is 7.78. The molecule has 0 spiro atoms. The maximum atomic E-state index is 13.9. The Bertz CT molecular complexity index is 1290. The van der Waals surface area contributed by atoms with Crippen LogP contribution in [0.1, 0.15) is 70.4 Å². The average Bonchev–Trinajstić information content (AvgIpc) is 2.83. The van der Waals surface area contributed by atoms with Crippen molar-refractivity contribution in [2.24, 2.45) is 10.8 Å². The van der Waals surface area contributed by atoms with E-state index in [0.29, 0.717) is 25.1 Å². The number of Topliss-reactive ketones (excluding diaryl/α,β-unsaturated/α-hetero) is 2. The quantitative estimate of drug-likeness (QED) is 0.507. The van der Waals surface area contributed by atoms with E-state index < -0.39 is 18.5 Å². The van der Waals surface area contributed by atoms with Gasteiger partial charge in [0.05, 0.1) is 0 Å². The zero-order valence-electron chi connectivity index (χ0n) is 22.5. The van der Waals surface area contributed by atoms with Gasteiger partial charge in [-0.15, -0.1) is 0 Å². The lowest BCUT2D eigenvalue weighted by molar-refractivity contribution is -0.139. The molecule has 0 atom stereocenters. The number of carbonyl (C=O) groups is 3. The first-order chi connectivity index (χ1) is 17.9. The molecule has 0 amide bonds. The Morgan fingerprint density at radius 1 is 0.842 bits per heavy atom. The van der Waals surface area contributed by atoms with Gasteiger partial charge in [0.1, 0.15) is 5.75 Å². The van der Waals surface area contributed by atoms with Crippen LogP contribution in [0.15, 0.2) is 77.1 Å². The Morgan fingerprint density at radius 2 is 1.37 bits per heavy atom. The molecule has 0 unspecified atom stereocenters. The van der Waals surface area contributed by atoms with E-state index in [1.165, 1.54) is 0 Å². The first kappa shape index (κ1) is 26.0. The largest absolute Gasteiger partial charge is 0.482 e. The molecule has 0 saturated carbocycles. The second kappa shape index (κ2) is 9.57. The molecule has 2 aliphatic carbocycles. The van der Waals surface area contributed by atoms with E-state index in [9.17, 15) is 14.4 Å². The molecule has 2 aromatic rings. The highest BCUT2D eigenvalue weighted by atomic mass is 16.5. The summed E-state index contributed by atoms with van der Waals surface area (Å²) in [6.07, 6.45) is 2.37. The standard InChI is InChI=1S/C32H35NO5/c1-31(2)14-23-29(25(34)16-31)28(21-10-12-22(13-11-21)38-19-27(36)37)30-24(15-32(3,4)17-26(30)35)33(23)18-20-8-6-5-7-9-20/h5-13,28H,14-19H2,1-4H3,(H,36,37). The molecule has 6 nitrogen and oxygen atoms in total. The van der Waals surface area contributed by atoms with Crippen LogP contribution in [0.3, 0.4) is 0 Å². The van der Waals surface area contributed by atoms with Crippen molar-refractivity contribution in [1.29, 1.82) is 0 Å². The third-order valence-corrected chi connectivity index (χ3v) is 7.78. The summed E-state index contributed by atoms with van der Waals surface area (Å²) < 4.78 is 5.34. The lowest BCUT2D eigenvalue weighted by Crippen LogP contribution is -2.44. The van der Waals surface area contributed by atoms with Crippen LogP contribution in [0, 0.1) is 10.8 Å². The first-order valence-corrected chi connectivity index (χ1v) is 13.2. The molecular weight excluding hydrogens is 478 g/mol. The van der Waals surface area contributed by atoms with Gasteiger partial charge in [-0.25, -0.2) is 4.79 Å². The molecule has 6 heteroatoms. The highest BCUT2D eigenvalue weighted by molar-refractivity contribution is 6.06. The van der Waals surface area contributed by atoms with E-state index in [2.05, 4.69) is 44.7 Å². The number of hydrogen-bond acceptors (Lipinski definition) is 5. The van der Waals surface area contributed by atoms with Crippen molar-refractivity contribution >= 4 is 17.5 Å². The molecule has 1 aliphatic heterocycles. The second-order valence-corrected chi connectivity index (χ2v) is 12.4. The Labute approximate surface area is 224 Å². The second-order valence-electron chi connectivity index (χ2n) is 12.4. The van der Waals surface area contributed by atoms with Gasteiger partial charge in [-0.3, -0.25) is 9.59 Å². The van der Waals surface area contributed by atoms with Gasteiger partial charge < -0.3 is 14.7 Å². The van der Waals surface area contributed by atoms with Crippen LogP contribution in [0.25, 0.3) is 0 Å². The van der Waals surface area contributed by atoms with Crippen molar-refractivity contribution in [2.45, 2.75) is 65.8 Å². The Morgan fingerprint density at radius 3 is 1.87 bits per heavy atom. The number of carbonyl (C=O) groups excluding carboxylic acids is 2. The lowest BCUT2D eigenvalue weighted by atomic mass is 9.63. The van der Waals surface area contributed by atoms with E-state index in [0.717, 1.165) is 46.5 Å². The number of hydrogen-bond donors (Lipinski definition) is 1. The molecule has 3 aliphatic rings. The molecule has 5 rings (SSSR count). The molecule has 0 saturated heterocycles. The zero-order valence-corrected chi connectivity index (χ0v) is 22.5. The molecule has 2 aromatic carbocycles. The predicted octanol–water partition coefficient (Wildman–Crippen LogP) is 6.04. The molecule has 1 heterocycles. The summed E-state index contributed by atoms with van der Waals surface area (Å²) >= 11 is 0. The van der Waals surface area contributed by atoms with Crippen LogP contribution in [-0.4, -0.2) is 34.1 Å². The van der Waals surface area contributed by atoms with E-state index in [-0.39, 0.29) is 22.4 Å². The normalized spacial score (nSPS) is 20.8. The fraction of sp³-hybridized carbons (Fsp3) is 0.406. The molecule has 0 radical (unpaired) electrons.